The molecule has 5 nitrogen and oxygen atoms in total. The predicted octanol–water partition coefficient (Wildman–Crippen LogP) is 4.52. The van der Waals surface area contributed by atoms with Crippen LogP contribution in [0, 0.1) is 5.92 Å². The third kappa shape index (κ3) is 3.18. The Morgan fingerprint density at radius 3 is 2.52 bits per heavy atom. The van der Waals surface area contributed by atoms with E-state index in [4.69, 9.17) is 4.42 Å². The number of amides is 2. The van der Waals surface area contributed by atoms with Crippen molar-refractivity contribution >= 4 is 23.5 Å². The molecule has 29 heavy (non-hydrogen) atoms. The van der Waals surface area contributed by atoms with Crippen LogP contribution in [0.15, 0.2) is 65.2 Å². The van der Waals surface area contributed by atoms with Crippen molar-refractivity contribution in [3.8, 4) is 0 Å². The van der Waals surface area contributed by atoms with E-state index in [-0.39, 0.29) is 18.4 Å². The highest BCUT2D eigenvalue weighted by Gasteiger charge is 2.37. The second-order valence-corrected chi connectivity index (χ2v) is 7.68. The molecule has 0 bridgehead atoms. The highest BCUT2D eigenvalue weighted by atomic mass is 16.3. The summed E-state index contributed by atoms with van der Waals surface area (Å²) in [4.78, 5) is 31.8. The fraction of sp³-hybridized carbons (Fsp3) is 0.208. The lowest BCUT2D eigenvalue weighted by molar-refractivity contribution is -0.123. The molecule has 2 aliphatic rings. The lowest BCUT2D eigenvalue weighted by atomic mass is 9.92. The van der Waals surface area contributed by atoms with Gasteiger partial charge in [0.2, 0.25) is 0 Å². The highest BCUT2D eigenvalue weighted by molar-refractivity contribution is 6.33. The number of hydrogen-bond acceptors (Lipinski definition) is 4. The van der Waals surface area contributed by atoms with E-state index in [1.807, 2.05) is 36.4 Å². The molecule has 2 atom stereocenters. The minimum atomic E-state index is -0.336. The van der Waals surface area contributed by atoms with Gasteiger partial charge in [0.05, 0.1) is 17.8 Å². The molecule has 5 heteroatoms. The first-order chi connectivity index (χ1) is 14.1. The fourth-order valence-electron chi connectivity index (χ4n) is 3.85. The summed E-state index contributed by atoms with van der Waals surface area (Å²) in [6, 6.07) is 16.5. The van der Waals surface area contributed by atoms with Gasteiger partial charge >= 0.3 is 0 Å². The van der Waals surface area contributed by atoms with Gasteiger partial charge in [-0.05, 0) is 48.7 Å². The standard InChI is InChI=1S/C24H20N2O3/c1-15-12-20(15)22-10-9-17(29-22)13-21-18-7-2-3-8-19(18)23(27)26(24(21)28)14-16-6-4-5-11-25-16/h2-11,13,15,20H,12,14H2,1H3/b21-13-/t15-,20-/m1/s1. The van der Waals surface area contributed by atoms with Crippen LogP contribution in [0.5, 0.6) is 0 Å². The number of aromatic nitrogens is 1. The zero-order valence-corrected chi connectivity index (χ0v) is 16.0. The summed E-state index contributed by atoms with van der Waals surface area (Å²) in [5, 5.41) is 0. The van der Waals surface area contributed by atoms with Gasteiger partial charge in [-0.15, -0.1) is 0 Å². The van der Waals surface area contributed by atoms with E-state index < -0.39 is 0 Å². The number of benzene rings is 1. The molecule has 1 saturated carbocycles. The highest BCUT2D eigenvalue weighted by Crippen LogP contribution is 2.47. The Morgan fingerprint density at radius 1 is 1.03 bits per heavy atom. The molecule has 1 aliphatic carbocycles. The van der Waals surface area contributed by atoms with Crippen LogP contribution in [0.2, 0.25) is 0 Å². The second kappa shape index (κ2) is 6.85. The van der Waals surface area contributed by atoms with Crippen LogP contribution in [0.4, 0.5) is 0 Å². The maximum absolute atomic E-state index is 13.3. The second-order valence-electron chi connectivity index (χ2n) is 7.68. The first-order valence-electron chi connectivity index (χ1n) is 9.79. The van der Waals surface area contributed by atoms with Crippen LogP contribution in [-0.4, -0.2) is 21.7 Å². The third-order valence-electron chi connectivity index (χ3n) is 5.62. The minimum Gasteiger partial charge on any atom is -0.461 e. The molecule has 0 saturated heterocycles. The number of pyridine rings is 1. The van der Waals surface area contributed by atoms with Crippen LogP contribution in [0.25, 0.3) is 11.6 Å². The lowest BCUT2D eigenvalue weighted by Crippen LogP contribution is -2.41. The van der Waals surface area contributed by atoms with Crippen LogP contribution in [0.3, 0.4) is 0 Å². The molecule has 1 fully saturated rings. The molecule has 1 aromatic carbocycles. The Labute approximate surface area is 168 Å². The smallest absolute Gasteiger partial charge is 0.261 e. The monoisotopic (exact) mass is 384 g/mol. The van der Waals surface area contributed by atoms with Gasteiger partial charge in [-0.2, -0.15) is 0 Å². The van der Waals surface area contributed by atoms with E-state index in [0.717, 1.165) is 12.2 Å². The Bertz CT molecular complexity index is 1130. The lowest BCUT2D eigenvalue weighted by Gasteiger charge is -2.28. The molecule has 0 N–H and O–H groups in total. The van der Waals surface area contributed by atoms with Gasteiger partial charge in [-0.25, -0.2) is 0 Å². The maximum Gasteiger partial charge on any atom is 0.261 e. The molecule has 2 amide bonds. The van der Waals surface area contributed by atoms with Gasteiger partial charge < -0.3 is 4.42 Å². The van der Waals surface area contributed by atoms with E-state index in [2.05, 4.69) is 11.9 Å². The summed E-state index contributed by atoms with van der Waals surface area (Å²) < 4.78 is 5.98. The number of imide groups is 1. The first kappa shape index (κ1) is 17.6. The molecule has 0 spiro atoms. The molecule has 2 aromatic heterocycles. The van der Waals surface area contributed by atoms with E-state index >= 15 is 0 Å². The molecule has 144 valence electrons. The topological polar surface area (TPSA) is 63.4 Å². The van der Waals surface area contributed by atoms with Gasteiger partial charge in [0.25, 0.3) is 11.8 Å². The number of carbonyl (C=O) groups excluding carboxylic acids is 2. The van der Waals surface area contributed by atoms with Gasteiger partial charge in [-0.1, -0.05) is 31.2 Å². The molecule has 1 aliphatic heterocycles. The van der Waals surface area contributed by atoms with Gasteiger partial charge in [0.15, 0.2) is 0 Å². The normalized spacial score (nSPS) is 22.1. The Morgan fingerprint density at radius 2 is 1.79 bits per heavy atom. The Hall–Kier alpha value is -3.47. The van der Waals surface area contributed by atoms with Crippen LogP contribution in [0.1, 0.15) is 52.4 Å². The Balaban J connectivity index is 1.54. The summed E-state index contributed by atoms with van der Waals surface area (Å²) >= 11 is 0. The average Bonchev–Trinajstić information content (AvgIpc) is 3.29. The molecule has 3 aromatic rings. The van der Waals surface area contributed by atoms with Crippen molar-refractivity contribution in [2.24, 2.45) is 5.92 Å². The van der Waals surface area contributed by atoms with Gasteiger partial charge in [-0.3, -0.25) is 19.5 Å². The Kier molecular flexibility index (Phi) is 4.16. The molecular formula is C24H20N2O3. The zero-order chi connectivity index (χ0) is 20.0. The minimum absolute atomic E-state index is 0.132. The molecule has 5 rings (SSSR count). The van der Waals surface area contributed by atoms with Crippen molar-refractivity contribution in [2.75, 3.05) is 0 Å². The number of rotatable bonds is 4. The number of fused-ring (bicyclic) bond motifs is 1. The summed E-state index contributed by atoms with van der Waals surface area (Å²) in [5.41, 5.74) is 2.27. The van der Waals surface area contributed by atoms with Crippen molar-refractivity contribution in [1.29, 1.82) is 0 Å². The average molecular weight is 384 g/mol. The maximum atomic E-state index is 13.3. The van der Waals surface area contributed by atoms with Crippen molar-refractivity contribution in [3.05, 3.63) is 89.1 Å². The van der Waals surface area contributed by atoms with E-state index in [9.17, 15) is 9.59 Å². The first-order valence-corrected chi connectivity index (χ1v) is 9.79. The van der Waals surface area contributed by atoms with E-state index in [1.54, 1.807) is 30.5 Å². The van der Waals surface area contributed by atoms with Gasteiger partial charge in [0.1, 0.15) is 11.5 Å². The number of hydrogen-bond donors (Lipinski definition) is 0. The van der Waals surface area contributed by atoms with Gasteiger partial charge in [0, 0.05) is 23.2 Å². The predicted molar refractivity (Wildman–Crippen MR) is 109 cm³/mol. The van der Waals surface area contributed by atoms with Crippen molar-refractivity contribution < 1.29 is 14.0 Å². The molecule has 0 unspecified atom stereocenters. The number of nitrogens with zero attached hydrogens (tertiary/aromatic N) is 2. The van der Waals surface area contributed by atoms with Crippen LogP contribution in [-0.2, 0) is 11.3 Å². The van der Waals surface area contributed by atoms with Crippen LogP contribution >= 0.6 is 0 Å². The summed E-state index contributed by atoms with van der Waals surface area (Å²) in [6.45, 7) is 2.33. The largest absolute Gasteiger partial charge is 0.461 e. The molecule has 0 radical (unpaired) electrons. The summed E-state index contributed by atoms with van der Waals surface area (Å²) in [5.74, 6) is 2.06. The summed E-state index contributed by atoms with van der Waals surface area (Å²) in [7, 11) is 0. The molecule has 3 heterocycles. The van der Waals surface area contributed by atoms with E-state index in [1.165, 1.54) is 4.90 Å². The van der Waals surface area contributed by atoms with Crippen molar-refractivity contribution in [1.82, 2.24) is 9.88 Å². The van der Waals surface area contributed by atoms with Crippen molar-refractivity contribution in [3.63, 3.8) is 0 Å². The van der Waals surface area contributed by atoms with Crippen LogP contribution < -0.4 is 0 Å². The van der Waals surface area contributed by atoms with Crippen molar-refractivity contribution in [2.45, 2.75) is 25.8 Å². The zero-order valence-electron chi connectivity index (χ0n) is 16.0. The number of furan rings is 1. The third-order valence-corrected chi connectivity index (χ3v) is 5.62. The SMILES string of the molecule is C[C@@H]1C[C@H]1c1ccc(/C=C2\C(=O)N(Cc3ccccn3)C(=O)c3ccccc32)o1. The van der Waals surface area contributed by atoms with E-state index in [0.29, 0.717) is 40.0 Å². The quantitative estimate of drug-likeness (QED) is 0.490. The summed E-state index contributed by atoms with van der Waals surface area (Å²) in [6.07, 6.45) is 4.54. The molecular weight excluding hydrogens is 364 g/mol. The number of carbonyl (C=O) groups is 2. The fourth-order valence-corrected chi connectivity index (χ4v) is 3.85.